The van der Waals surface area contributed by atoms with E-state index in [0.717, 1.165) is 6.54 Å². The zero-order valence-corrected chi connectivity index (χ0v) is 10.6. The molecule has 1 aromatic rings. The van der Waals surface area contributed by atoms with E-state index in [-0.39, 0.29) is 0 Å². The minimum atomic E-state index is 0.391. The Bertz CT molecular complexity index is 383. The molecule has 0 bridgehead atoms. The van der Waals surface area contributed by atoms with Gasteiger partial charge < -0.3 is 5.73 Å². The van der Waals surface area contributed by atoms with Gasteiger partial charge >= 0.3 is 0 Å². The van der Waals surface area contributed by atoms with Gasteiger partial charge in [-0.2, -0.15) is 0 Å². The summed E-state index contributed by atoms with van der Waals surface area (Å²) in [6, 6.07) is 11.7. The van der Waals surface area contributed by atoms with E-state index in [1.54, 1.807) is 0 Å². The number of rotatable bonds is 2. The summed E-state index contributed by atoms with van der Waals surface area (Å²) >= 11 is 0. The third-order valence-corrected chi connectivity index (χ3v) is 4.91. The Morgan fingerprint density at radius 2 is 2.00 bits per heavy atom. The Labute approximate surface area is 104 Å². The first-order chi connectivity index (χ1) is 8.21. The molecule has 1 spiro atoms. The molecular formula is C15H22N2. The van der Waals surface area contributed by atoms with Crippen molar-refractivity contribution in [3.05, 3.63) is 35.9 Å². The molecule has 1 aromatic carbocycles. The highest BCUT2D eigenvalue weighted by Crippen LogP contribution is 2.48. The van der Waals surface area contributed by atoms with Crippen LogP contribution in [0, 0.1) is 5.41 Å². The number of hydrogen-bond donors (Lipinski definition) is 1. The van der Waals surface area contributed by atoms with Crippen LogP contribution in [0.25, 0.3) is 0 Å². The summed E-state index contributed by atoms with van der Waals surface area (Å²) in [7, 11) is 0. The van der Waals surface area contributed by atoms with Crippen molar-refractivity contribution >= 4 is 0 Å². The van der Waals surface area contributed by atoms with Crippen LogP contribution >= 0.6 is 0 Å². The molecule has 0 radical (unpaired) electrons. The fourth-order valence-electron chi connectivity index (χ4n) is 3.43. The van der Waals surface area contributed by atoms with E-state index in [1.807, 2.05) is 0 Å². The Hall–Kier alpha value is -0.860. The lowest BCUT2D eigenvalue weighted by Crippen LogP contribution is -2.45. The van der Waals surface area contributed by atoms with Crippen molar-refractivity contribution in [2.24, 2.45) is 11.1 Å². The minimum Gasteiger partial charge on any atom is -0.326 e. The second-order valence-corrected chi connectivity index (χ2v) is 5.84. The van der Waals surface area contributed by atoms with Crippen LogP contribution in [0.1, 0.15) is 37.8 Å². The molecule has 0 amide bonds. The molecule has 1 aliphatic heterocycles. The van der Waals surface area contributed by atoms with Crippen molar-refractivity contribution < 1.29 is 0 Å². The van der Waals surface area contributed by atoms with Crippen LogP contribution in [0.4, 0.5) is 0 Å². The van der Waals surface area contributed by atoms with Gasteiger partial charge in [-0.15, -0.1) is 0 Å². The molecule has 2 heteroatoms. The summed E-state index contributed by atoms with van der Waals surface area (Å²) < 4.78 is 0. The van der Waals surface area contributed by atoms with Crippen LogP contribution in [0.3, 0.4) is 0 Å². The molecule has 2 atom stereocenters. The van der Waals surface area contributed by atoms with Crippen molar-refractivity contribution in [3.8, 4) is 0 Å². The predicted octanol–water partition coefficient (Wildman–Crippen LogP) is 2.56. The van der Waals surface area contributed by atoms with Gasteiger partial charge in [0.25, 0.3) is 0 Å². The fraction of sp³-hybridized carbons (Fsp3) is 0.600. The van der Waals surface area contributed by atoms with Crippen molar-refractivity contribution in [3.63, 3.8) is 0 Å². The van der Waals surface area contributed by atoms with E-state index in [0.29, 0.717) is 17.5 Å². The summed E-state index contributed by atoms with van der Waals surface area (Å²) in [5, 5.41) is 0. The van der Waals surface area contributed by atoms with Gasteiger partial charge in [0.15, 0.2) is 0 Å². The van der Waals surface area contributed by atoms with Crippen molar-refractivity contribution in [1.29, 1.82) is 0 Å². The van der Waals surface area contributed by atoms with Gasteiger partial charge in [0.05, 0.1) is 0 Å². The number of likely N-dealkylation sites (tertiary alicyclic amines) is 1. The summed E-state index contributed by atoms with van der Waals surface area (Å²) in [6.45, 7) is 4.57. The van der Waals surface area contributed by atoms with E-state index in [9.17, 15) is 0 Å². The summed E-state index contributed by atoms with van der Waals surface area (Å²) in [5.41, 5.74) is 8.21. The highest BCUT2D eigenvalue weighted by molar-refractivity contribution is 5.19. The van der Waals surface area contributed by atoms with Crippen molar-refractivity contribution in [1.82, 2.24) is 4.90 Å². The first-order valence-electron chi connectivity index (χ1n) is 6.76. The molecule has 2 N–H and O–H groups in total. The molecule has 0 aromatic heterocycles. The molecule has 17 heavy (non-hydrogen) atoms. The molecule has 3 rings (SSSR count). The van der Waals surface area contributed by atoms with Crippen molar-refractivity contribution in [2.75, 3.05) is 13.1 Å². The van der Waals surface area contributed by atoms with Crippen LogP contribution in [0.15, 0.2) is 30.3 Å². The molecule has 2 aliphatic rings. The predicted molar refractivity (Wildman–Crippen MR) is 70.7 cm³/mol. The Kier molecular flexibility index (Phi) is 2.72. The summed E-state index contributed by atoms with van der Waals surface area (Å²) in [5.74, 6) is 0. The van der Waals surface area contributed by atoms with E-state index < -0.39 is 0 Å². The molecule has 1 saturated carbocycles. The number of benzene rings is 1. The summed E-state index contributed by atoms with van der Waals surface area (Å²) in [6.07, 6.45) is 4.06. The fourth-order valence-corrected chi connectivity index (χ4v) is 3.43. The van der Waals surface area contributed by atoms with Gasteiger partial charge in [-0.1, -0.05) is 36.8 Å². The minimum absolute atomic E-state index is 0.391. The van der Waals surface area contributed by atoms with E-state index in [4.69, 9.17) is 5.73 Å². The quantitative estimate of drug-likeness (QED) is 0.846. The molecular weight excluding hydrogens is 208 g/mol. The van der Waals surface area contributed by atoms with Gasteiger partial charge in [0.2, 0.25) is 0 Å². The maximum absolute atomic E-state index is 6.34. The Morgan fingerprint density at radius 1 is 1.29 bits per heavy atom. The zero-order chi connectivity index (χ0) is 11.9. The lowest BCUT2D eigenvalue weighted by molar-refractivity contribution is 0.114. The molecule has 1 heterocycles. The van der Waals surface area contributed by atoms with E-state index >= 15 is 0 Å². The highest BCUT2D eigenvalue weighted by Gasteiger charge is 2.49. The third kappa shape index (κ3) is 1.80. The van der Waals surface area contributed by atoms with E-state index in [1.165, 1.54) is 31.4 Å². The molecule has 1 saturated heterocycles. The van der Waals surface area contributed by atoms with Crippen LogP contribution in [0.2, 0.25) is 0 Å². The average molecular weight is 230 g/mol. The first-order valence-corrected chi connectivity index (χ1v) is 6.76. The van der Waals surface area contributed by atoms with Crippen molar-refractivity contribution in [2.45, 2.75) is 38.3 Å². The van der Waals surface area contributed by atoms with Gasteiger partial charge in [-0.25, -0.2) is 0 Å². The average Bonchev–Trinajstić information content (AvgIpc) is 2.67. The van der Waals surface area contributed by atoms with Gasteiger partial charge in [-0.05, 0) is 30.7 Å². The zero-order valence-electron chi connectivity index (χ0n) is 10.6. The topological polar surface area (TPSA) is 29.3 Å². The number of nitrogens with zero attached hydrogens (tertiary/aromatic N) is 1. The number of nitrogens with two attached hydrogens (primary N) is 1. The maximum Gasteiger partial charge on any atom is 0.0320 e. The normalized spacial score (nSPS) is 29.2. The van der Waals surface area contributed by atoms with Gasteiger partial charge in [0.1, 0.15) is 0 Å². The standard InChI is InChI=1S/C15H22N2/c1-12(13-6-3-2-4-7-13)17-10-14(16)15(11-17)8-5-9-15/h2-4,6-7,12,14H,5,8-11,16H2,1H3/t12-,14?/m1/s1. The molecule has 1 unspecified atom stereocenters. The smallest absolute Gasteiger partial charge is 0.0320 e. The first kappa shape index (κ1) is 11.2. The molecule has 2 nitrogen and oxygen atoms in total. The second-order valence-electron chi connectivity index (χ2n) is 5.84. The van der Waals surface area contributed by atoms with E-state index in [2.05, 4.69) is 42.2 Å². The van der Waals surface area contributed by atoms with Crippen LogP contribution < -0.4 is 5.73 Å². The van der Waals surface area contributed by atoms with Crippen LogP contribution in [0.5, 0.6) is 0 Å². The summed E-state index contributed by atoms with van der Waals surface area (Å²) in [4.78, 5) is 2.57. The van der Waals surface area contributed by atoms with Gasteiger partial charge in [0, 0.05) is 25.2 Å². The second kappa shape index (κ2) is 4.11. The molecule has 2 fully saturated rings. The number of hydrogen-bond acceptors (Lipinski definition) is 2. The molecule has 1 aliphatic carbocycles. The molecule has 92 valence electrons. The maximum atomic E-state index is 6.34. The Morgan fingerprint density at radius 3 is 2.53 bits per heavy atom. The largest absolute Gasteiger partial charge is 0.326 e. The lowest BCUT2D eigenvalue weighted by atomic mass is 9.66. The SMILES string of the molecule is C[C@H](c1ccccc1)N1CC(N)C2(CCC2)C1. The monoisotopic (exact) mass is 230 g/mol. The highest BCUT2D eigenvalue weighted by atomic mass is 15.2. The van der Waals surface area contributed by atoms with Gasteiger partial charge in [-0.3, -0.25) is 4.90 Å². The third-order valence-electron chi connectivity index (χ3n) is 4.91. The van der Waals surface area contributed by atoms with Crippen LogP contribution in [-0.2, 0) is 0 Å². The lowest BCUT2D eigenvalue weighted by Gasteiger charge is -2.41. The van der Waals surface area contributed by atoms with Crippen LogP contribution in [-0.4, -0.2) is 24.0 Å². The Balaban J connectivity index is 1.74.